The topological polar surface area (TPSA) is 126 Å². The van der Waals surface area contributed by atoms with Crippen LogP contribution in [-0.4, -0.2) is 41.1 Å². The number of benzene rings is 4. The van der Waals surface area contributed by atoms with Crippen molar-refractivity contribution in [1.82, 2.24) is 10.8 Å². The summed E-state index contributed by atoms with van der Waals surface area (Å²) >= 11 is 1.70. The molecule has 1 heterocycles. The van der Waals surface area contributed by atoms with E-state index in [1.807, 2.05) is 91.0 Å². The third kappa shape index (κ3) is 9.66. The van der Waals surface area contributed by atoms with E-state index in [1.54, 1.807) is 24.4 Å². The van der Waals surface area contributed by atoms with Crippen molar-refractivity contribution in [2.75, 3.05) is 12.9 Å². The number of amides is 2. The standard InChI is InChI=1S/C37H40N2O7S/c1-44-32-8-2-3-9-34(32)47-24-31-21-33(28-14-12-25(23-40)13-15-28)46-37(45-31)29-18-16-27(17-19-29)30-7-4-6-26(20-30)22-38-35(41)10-5-11-36(42)39-43/h2-4,6-9,12-20,31,33,37,40,43H,5,10-11,21-24H2,1H3,(H,38,41)(H,39,42). The average Bonchev–Trinajstić information content (AvgIpc) is 3.13. The number of rotatable bonds is 14. The molecule has 5 rings (SSSR count). The number of ether oxygens (including phenoxy) is 3. The van der Waals surface area contributed by atoms with Crippen molar-refractivity contribution < 1.29 is 34.1 Å². The van der Waals surface area contributed by atoms with Crippen molar-refractivity contribution in [3.8, 4) is 16.9 Å². The monoisotopic (exact) mass is 656 g/mol. The summed E-state index contributed by atoms with van der Waals surface area (Å²) in [5.41, 5.74) is 7.37. The molecule has 0 aromatic heterocycles. The van der Waals surface area contributed by atoms with Crippen molar-refractivity contribution in [2.24, 2.45) is 0 Å². The number of hydroxylamine groups is 1. The number of para-hydroxylation sites is 1. The Bertz CT molecular complexity index is 1610. The van der Waals surface area contributed by atoms with E-state index in [1.165, 1.54) is 0 Å². The molecule has 0 bridgehead atoms. The van der Waals surface area contributed by atoms with Crippen LogP contribution in [0.4, 0.5) is 0 Å². The Balaban J connectivity index is 1.26. The van der Waals surface area contributed by atoms with Gasteiger partial charge in [-0.25, -0.2) is 5.48 Å². The lowest BCUT2D eigenvalue weighted by atomic mass is 9.99. The van der Waals surface area contributed by atoms with Crippen molar-refractivity contribution in [2.45, 2.75) is 62.2 Å². The van der Waals surface area contributed by atoms with Crippen molar-refractivity contribution in [1.29, 1.82) is 0 Å². The van der Waals surface area contributed by atoms with Crippen LogP contribution in [0.2, 0.25) is 0 Å². The first-order chi connectivity index (χ1) is 22.9. The van der Waals surface area contributed by atoms with Gasteiger partial charge in [-0.05, 0) is 52.4 Å². The van der Waals surface area contributed by atoms with Crippen molar-refractivity contribution in [3.05, 3.63) is 119 Å². The van der Waals surface area contributed by atoms with Crippen LogP contribution in [-0.2, 0) is 32.2 Å². The molecule has 1 aliphatic rings. The lowest BCUT2D eigenvalue weighted by Crippen LogP contribution is -2.31. The van der Waals surface area contributed by atoms with Gasteiger partial charge in [-0.2, -0.15) is 0 Å². The fourth-order valence-corrected chi connectivity index (χ4v) is 6.44. The molecule has 2 amide bonds. The zero-order valence-corrected chi connectivity index (χ0v) is 27.1. The van der Waals surface area contributed by atoms with Crippen LogP contribution in [0.5, 0.6) is 5.75 Å². The molecule has 0 aliphatic carbocycles. The van der Waals surface area contributed by atoms with Crippen LogP contribution >= 0.6 is 11.8 Å². The van der Waals surface area contributed by atoms with Gasteiger partial charge in [0.05, 0.1) is 25.9 Å². The number of aliphatic hydroxyl groups excluding tert-OH is 1. The average molecular weight is 657 g/mol. The van der Waals surface area contributed by atoms with Gasteiger partial charge in [0.15, 0.2) is 6.29 Å². The Morgan fingerprint density at radius 3 is 2.34 bits per heavy atom. The third-order valence-corrected chi connectivity index (χ3v) is 9.16. The Morgan fingerprint density at radius 1 is 0.851 bits per heavy atom. The van der Waals surface area contributed by atoms with Gasteiger partial charge in [-0.3, -0.25) is 14.8 Å². The Morgan fingerprint density at radius 2 is 1.60 bits per heavy atom. The molecule has 10 heteroatoms. The maximum Gasteiger partial charge on any atom is 0.243 e. The van der Waals surface area contributed by atoms with Gasteiger partial charge < -0.3 is 24.6 Å². The van der Waals surface area contributed by atoms with Crippen LogP contribution < -0.4 is 15.5 Å². The predicted octanol–water partition coefficient (Wildman–Crippen LogP) is 6.48. The molecule has 1 fully saturated rings. The van der Waals surface area contributed by atoms with Crippen molar-refractivity contribution >= 4 is 23.6 Å². The first-order valence-corrected chi connectivity index (χ1v) is 16.6. The number of hydrogen-bond acceptors (Lipinski definition) is 8. The van der Waals surface area contributed by atoms with Crippen LogP contribution in [0.1, 0.15) is 60.3 Å². The highest BCUT2D eigenvalue weighted by atomic mass is 32.2. The van der Waals surface area contributed by atoms with Gasteiger partial charge in [0.2, 0.25) is 11.8 Å². The lowest BCUT2D eigenvalue weighted by molar-refractivity contribution is -0.245. The quantitative estimate of drug-likeness (QED) is 0.0690. The van der Waals surface area contributed by atoms with E-state index < -0.39 is 12.2 Å². The van der Waals surface area contributed by atoms with Crippen LogP contribution in [0.15, 0.2) is 102 Å². The SMILES string of the molecule is COc1ccccc1SCC1CC(c2ccc(CO)cc2)OC(c2ccc(-c3cccc(CNC(=O)CCCC(=O)NO)c3)cc2)O1. The number of carbonyl (C=O) groups excluding carboxylic acids is 2. The highest BCUT2D eigenvalue weighted by Gasteiger charge is 2.32. The Labute approximate surface area is 279 Å². The number of hydrogen-bond donors (Lipinski definition) is 4. The number of methoxy groups -OCH3 is 1. The Hall–Kier alpha value is -4.19. The molecule has 246 valence electrons. The molecule has 0 saturated carbocycles. The molecule has 4 aromatic rings. The summed E-state index contributed by atoms with van der Waals surface area (Å²) in [6.07, 6.45) is 0.525. The fraction of sp³-hybridized carbons (Fsp3) is 0.297. The molecule has 3 atom stereocenters. The summed E-state index contributed by atoms with van der Waals surface area (Å²) in [5, 5.41) is 21.0. The van der Waals surface area contributed by atoms with Gasteiger partial charge >= 0.3 is 0 Å². The molecule has 1 saturated heterocycles. The van der Waals surface area contributed by atoms with Gasteiger partial charge in [-0.1, -0.05) is 78.9 Å². The second-order valence-corrected chi connectivity index (χ2v) is 12.4. The van der Waals surface area contributed by atoms with E-state index in [2.05, 4.69) is 11.4 Å². The molecule has 1 aliphatic heterocycles. The number of thioether (sulfide) groups is 1. The van der Waals surface area contributed by atoms with E-state index in [0.717, 1.165) is 49.8 Å². The van der Waals surface area contributed by atoms with E-state index in [0.29, 0.717) is 19.4 Å². The second-order valence-electron chi connectivity index (χ2n) is 11.3. The van der Waals surface area contributed by atoms with E-state index in [-0.39, 0.29) is 37.6 Å². The van der Waals surface area contributed by atoms with Gasteiger partial charge in [-0.15, -0.1) is 11.8 Å². The number of nitrogens with one attached hydrogen (secondary N) is 2. The van der Waals surface area contributed by atoms with Gasteiger partial charge in [0.1, 0.15) is 5.75 Å². The van der Waals surface area contributed by atoms with Crippen LogP contribution in [0, 0.1) is 0 Å². The summed E-state index contributed by atoms with van der Waals surface area (Å²) in [6, 6.07) is 32.0. The first-order valence-electron chi connectivity index (χ1n) is 15.6. The normalized spacial score (nSPS) is 17.6. The summed E-state index contributed by atoms with van der Waals surface area (Å²) in [4.78, 5) is 24.4. The minimum absolute atomic E-state index is 0.00695. The summed E-state index contributed by atoms with van der Waals surface area (Å²) in [7, 11) is 1.68. The molecule has 47 heavy (non-hydrogen) atoms. The summed E-state index contributed by atoms with van der Waals surface area (Å²) in [5.74, 6) is 0.906. The number of aliphatic hydroxyl groups is 1. The molecule has 3 unspecified atom stereocenters. The largest absolute Gasteiger partial charge is 0.496 e. The second kappa shape index (κ2) is 17.1. The Kier molecular flexibility index (Phi) is 12.4. The van der Waals surface area contributed by atoms with Gasteiger partial charge in [0, 0.05) is 42.0 Å². The predicted molar refractivity (Wildman–Crippen MR) is 180 cm³/mol. The minimum atomic E-state index is -0.561. The van der Waals surface area contributed by atoms with E-state index >= 15 is 0 Å². The molecular weight excluding hydrogens is 616 g/mol. The first kappa shape index (κ1) is 34.2. The highest BCUT2D eigenvalue weighted by molar-refractivity contribution is 7.99. The molecule has 4 N–H and O–H groups in total. The smallest absolute Gasteiger partial charge is 0.243 e. The van der Waals surface area contributed by atoms with Crippen LogP contribution in [0.25, 0.3) is 11.1 Å². The zero-order valence-electron chi connectivity index (χ0n) is 26.3. The van der Waals surface area contributed by atoms with Crippen LogP contribution in [0.3, 0.4) is 0 Å². The molecule has 0 spiro atoms. The molecule has 0 radical (unpaired) electrons. The lowest BCUT2D eigenvalue weighted by Gasteiger charge is -2.36. The van der Waals surface area contributed by atoms with E-state index in [4.69, 9.17) is 19.4 Å². The van der Waals surface area contributed by atoms with Crippen molar-refractivity contribution in [3.63, 3.8) is 0 Å². The summed E-state index contributed by atoms with van der Waals surface area (Å²) < 4.78 is 18.6. The maximum absolute atomic E-state index is 12.2. The highest BCUT2D eigenvalue weighted by Crippen LogP contribution is 2.40. The molecule has 9 nitrogen and oxygen atoms in total. The fourth-order valence-electron chi connectivity index (χ4n) is 5.39. The minimum Gasteiger partial charge on any atom is -0.496 e. The summed E-state index contributed by atoms with van der Waals surface area (Å²) in [6.45, 7) is 0.364. The third-order valence-electron chi connectivity index (χ3n) is 7.97. The van der Waals surface area contributed by atoms with E-state index in [9.17, 15) is 14.7 Å². The number of carbonyl (C=O) groups is 2. The van der Waals surface area contributed by atoms with Gasteiger partial charge in [0.25, 0.3) is 0 Å². The molecule has 4 aromatic carbocycles. The zero-order chi connectivity index (χ0) is 33.0. The molecular formula is C37H40N2O7S. The maximum atomic E-state index is 12.2.